The summed E-state index contributed by atoms with van der Waals surface area (Å²) in [5.74, 6) is -1.88. The molecule has 1 atom stereocenters. The molecule has 3 rings (SSSR count). The molecule has 0 saturated carbocycles. The first-order chi connectivity index (χ1) is 12.0. The maximum absolute atomic E-state index is 13.3. The van der Waals surface area contributed by atoms with Gasteiger partial charge in [-0.25, -0.2) is 13.6 Å². The maximum atomic E-state index is 13.3. The van der Waals surface area contributed by atoms with Gasteiger partial charge < -0.3 is 15.4 Å². The number of benzene rings is 2. The lowest BCUT2D eigenvalue weighted by molar-refractivity contribution is 0.102. The van der Waals surface area contributed by atoms with E-state index in [0.717, 1.165) is 22.6 Å². The van der Waals surface area contributed by atoms with E-state index < -0.39 is 23.6 Å². The number of nitrogens with one attached hydrogen (secondary N) is 2. The summed E-state index contributed by atoms with van der Waals surface area (Å²) < 4.78 is 30.9. The molecule has 1 aliphatic heterocycles. The van der Waals surface area contributed by atoms with Gasteiger partial charge in [0.2, 0.25) is 0 Å². The molecule has 0 bridgehead atoms. The number of amides is 2. The first kappa shape index (κ1) is 17.2. The molecular weight excluding hydrogens is 350 g/mol. The van der Waals surface area contributed by atoms with E-state index >= 15 is 0 Å². The zero-order chi connectivity index (χ0) is 18.0. The monoisotopic (exact) mass is 364 g/mol. The molecule has 1 heterocycles. The van der Waals surface area contributed by atoms with E-state index in [-0.39, 0.29) is 11.7 Å². The van der Waals surface area contributed by atoms with Gasteiger partial charge in [-0.15, -0.1) is 11.8 Å². The van der Waals surface area contributed by atoms with Gasteiger partial charge in [0.05, 0.1) is 18.7 Å². The summed E-state index contributed by atoms with van der Waals surface area (Å²) in [6, 6.07) is 8.07. The normalized spacial score (nSPS) is 15.4. The summed E-state index contributed by atoms with van der Waals surface area (Å²) in [5.41, 5.74) is 1.38. The van der Waals surface area contributed by atoms with Crippen LogP contribution in [0.2, 0.25) is 0 Å². The number of ether oxygens (including phenoxy) is 1. The smallest absolute Gasteiger partial charge is 0.407 e. The molecule has 8 heteroatoms. The van der Waals surface area contributed by atoms with Gasteiger partial charge in [-0.05, 0) is 23.8 Å². The van der Waals surface area contributed by atoms with Crippen LogP contribution < -0.4 is 10.6 Å². The molecule has 2 aromatic carbocycles. The lowest BCUT2D eigenvalue weighted by Gasteiger charge is -2.13. The van der Waals surface area contributed by atoms with Gasteiger partial charge in [0, 0.05) is 22.4 Å². The fourth-order valence-electron chi connectivity index (χ4n) is 2.52. The Bertz CT molecular complexity index is 845. The Hall–Kier alpha value is -2.61. The largest absolute Gasteiger partial charge is 0.453 e. The summed E-state index contributed by atoms with van der Waals surface area (Å²) >= 11 is 1.43. The lowest BCUT2D eigenvalue weighted by atomic mass is 10.0. The van der Waals surface area contributed by atoms with E-state index in [9.17, 15) is 18.4 Å². The molecule has 2 N–H and O–H groups in total. The predicted molar refractivity (Wildman–Crippen MR) is 89.8 cm³/mol. The minimum absolute atomic E-state index is 0.161. The van der Waals surface area contributed by atoms with Crippen molar-refractivity contribution >= 4 is 29.4 Å². The molecule has 130 valence electrons. The molecule has 1 aliphatic rings. The van der Waals surface area contributed by atoms with Crippen LogP contribution in [0, 0.1) is 11.6 Å². The van der Waals surface area contributed by atoms with Crippen molar-refractivity contribution < 1.29 is 23.1 Å². The second-order valence-electron chi connectivity index (χ2n) is 5.31. The highest BCUT2D eigenvalue weighted by atomic mass is 32.2. The third-order valence-electron chi connectivity index (χ3n) is 3.71. The maximum Gasteiger partial charge on any atom is 0.407 e. The van der Waals surface area contributed by atoms with Crippen molar-refractivity contribution in [2.45, 2.75) is 10.9 Å². The number of hydrogen-bond donors (Lipinski definition) is 2. The van der Waals surface area contributed by atoms with Crippen LogP contribution >= 0.6 is 11.8 Å². The van der Waals surface area contributed by atoms with Crippen LogP contribution in [0.25, 0.3) is 0 Å². The van der Waals surface area contributed by atoms with Gasteiger partial charge in [0.1, 0.15) is 0 Å². The average molecular weight is 364 g/mol. The van der Waals surface area contributed by atoms with E-state index in [1.165, 1.54) is 24.9 Å². The van der Waals surface area contributed by atoms with Gasteiger partial charge in [-0.2, -0.15) is 0 Å². The number of halogens is 2. The fourth-order valence-corrected chi connectivity index (χ4v) is 3.81. The summed E-state index contributed by atoms with van der Waals surface area (Å²) in [6.45, 7) is 0. The van der Waals surface area contributed by atoms with Crippen molar-refractivity contribution in [1.29, 1.82) is 0 Å². The summed E-state index contributed by atoms with van der Waals surface area (Å²) in [5, 5.41) is 5.26. The van der Waals surface area contributed by atoms with Crippen molar-refractivity contribution in [3.63, 3.8) is 0 Å². The Morgan fingerprint density at radius 1 is 1.20 bits per heavy atom. The quantitative estimate of drug-likeness (QED) is 0.871. The van der Waals surface area contributed by atoms with E-state index in [1.54, 1.807) is 12.1 Å². The SMILES string of the molecule is COC(=O)NC1CSc2c(C(=O)Nc3ccc(F)c(F)c3)cccc21. The summed E-state index contributed by atoms with van der Waals surface area (Å²) in [4.78, 5) is 24.7. The highest BCUT2D eigenvalue weighted by molar-refractivity contribution is 7.99. The second kappa shape index (κ2) is 7.10. The highest BCUT2D eigenvalue weighted by Gasteiger charge is 2.28. The first-order valence-electron chi connectivity index (χ1n) is 7.36. The van der Waals surface area contributed by atoms with Crippen LogP contribution in [-0.2, 0) is 4.74 Å². The molecule has 0 saturated heterocycles. The second-order valence-corrected chi connectivity index (χ2v) is 6.34. The molecule has 0 radical (unpaired) electrons. The van der Waals surface area contributed by atoms with Crippen molar-refractivity contribution in [3.05, 3.63) is 59.2 Å². The third kappa shape index (κ3) is 3.58. The molecule has 2 amide bonds. The van der Waals surface area contributed by atoms with Crippen LogP contribution in [0.5, 0.6) is 0 Å². The number of carbonyl (C=O) groups is 2. The number of alkyl carbamates (subject to hydrolysis) is 1. The summed E-state index contributed by atoms with van der Waals surface area (Å²) in [7, 11) is 1.28. The van der Waals surface area contributed by atoms with Gasteiger partial charge in [-0.1, -0.05) is 12.1 Å². The van der Waals surface area contributed by atoms with Gasteiger partial charge in [0.25, 0.3) is 5.91 Å². The average Bonchev–Trinajstić information content (AvgIpc) is 3.01. The van der Waals surface area contributed by atoms with Crippen molar-refractivity contribution in [2.24, 2.45) is 0 Å². The summed E-state index contributed by atoms with van der Waals surface area (Å²) in [6.07, 6.45) is -0.546. The minimum atomic E-state index is -1.03. The topological polar surface area (TPSA) is 67.4 Å². The molecule has 0 spiro atoms. The van der Waals surface area contributed by atoms with Gasteiger partial charge >= 0.3 is 6.09 Å². The third-order valence-corrected chi connectivity index (χ3v) is 4.96. The molecule has 2 aromatic rings. The van der Waals surface area contributed by atoms with E-state index in [4.69, 9.17) is 0 Å². The Morgan fingerprint density at radius 2 is 2.00 bits per heavy atom. The zero-order valence-electron chi connectivity index (χ0n) is 13.1. The van der Waals surface area contributed by atoms with Crippen LogP contribution in [0.3, 0.4) is 0 Å². The molecule has 1 unspecified atom stereocenters. The Kier molecular flexibility index (Phi) is 4.89. The molecule has 0 aromatic heterocycles. The van der Waals surface area contributed by atoms with E-state index in [2.05, 4.69) is 15.4 Å². The Morgan fingerprint density at radius 3 is 2.72 bits per heavy atom. The molecule has 5 nitrogen and oxygen atoms in total. The Labute approximate surface area is 146 Å². The number of anilines is 1. The van der Waals surface area contributed by atoms with Crippen LogP contribution in [0.4, 0.5) is 19.3 Å². The molecule has 25 heavy (non-hydrogen) atoms. The standard InChI is InChI=1S/C17H14F2N2O3S/c1-24-17(23)21-14-8-25-15-10(14)3-2-4-11(15)16(22)20-9-5-6-12(18)13(19)7-9/h2-7,14H,8H2,1H3,(H,20,22)(H,21,23). The number of methoxy groups -OCH3 is 1. The lowest BCUT2D eigenvalue weighted by Crippen LogP contribution is -2.28. The van der Waals surface area contributed by atoms with Gasteiger partial charge in [0.15, 0.2) is 11.6 Å². The first-order valence-corrected chi connectivity index (χ1v) is 8.34. The molecule has 0 fully saturated rings. The zero-order valence-corrected chi connectivity index (χ0v) is 14.0. The fraction of sp³-hybridized carbons (Fsp3) is 0.176. The minimum Gasteiger partial charge on any atom is -0.453 e. The number of thioether (sulfide) groups is 1. The van der Waals surface area contributed by atoms with Crippen LogP contribution in [0.1, 0.15) is 22.0 Å². The molecular formula is C17H14F2N2O3S. The van der Waals surface area contributed by atoms with Crippen molar-refractivity contribution in [3.8, 4) is 0 Å². The number of hydrogen-bond acceptors (Lipinski definition) is 4. The van der Waals surface area contributed by atoms with E-state index in [1.807, 2.05) is 6.07 Å². The number of carbonyl (C=O) groups excluding carboxylic acids is 2. The van der Waals surface area contributed by atoms with Crippen molar-refractivity contribution in [2.75, 3.05) is 18.2 Å². The van der Waals surface area contributed by atoms with Crippen LogP contribution in [-0.4, -0.2) is 24.9 Å². The number of rotatable bonds is 3. The van der Waals surface area contributed by atoms with Crippen LogP contribution in [0.15, 0.2) is 41.3 Å². The number of fused-ring (bicyclic) bond motifs is 1. The highest BCUT2D eigenvalue weighted by Crippen LogP contribution is 2.40. The van der Waals surface area contributed by atoms with Gasteiger partial charge in [-0.3, -0.25) is 4.79 Å². The Balaban J connectivity index is 1.82. The van der Waals surface area contributed by atoms with Crippen molar-refractivity contribution in [1.82, 2.24) is 5.32 Å². The van der Waals surface area contributed by atoms with E-state index in [0.29, 0.717) is 11.3 Å². The molecule has 0 aliphatic carbocycles. The predicted octanol–water partition coefficient (Wildman–Crippen LogP) is 3.72.